The first-order chi connectivity index (χ1) is 14.3. The number of hydrogen-bond acceptors (Lipinski definition) is 6. The number of rotatable bonds is 7. The van der Waals surface area contributed by atoms with Crippen molar-refractivity contribution in [2.45, 2.75) is 22.9 Å². The lowest BCUT2D eigenvalue weighted by atomic mass is 10.1. The predicted molar refractivity (Wildman–Crippen MR) is 96.5 cm³/mol. The van der Waals surface area contributed by atoms with Crippen LogP contribution < -0.4 is 4.74 Å². The van der Waals surface area contributed by atoms with Gasteiger partial charge in [0, 0.05) is 5.56 Å². The number of nitrogens with zero attached hydrogens (tertiary/aromatic N) is 1. The number of thioether (sulfide) groups is 1. The monoisotopic (exact) mass is 491 g/mol. The Kier molecular flexibility index (Phi) is 7.47. The van der Waals surface area contributed by atoms with E-state index in [1.165, 1.54) is 0 Å². The van der Waals surface area contributed by atoms with Crippen LogP contribution in [0.15, 0.2) is 39.2 Å². The van der Waals surface area contributed by atoms with Crippen LogP contribution in [0.5, 0.6) is 5.75 Å². The number of hydrogen-bond donors (Lipinski definition) is 0. The highest BCUT2D eigenvalue weighted by Gasteiger charge is 2.40. The summed E-state index contributed by atoms with van der Waals surface area (Å²) in [5.41, 5.74) is -2.57. The Labute approximate surface area is 176 Å². The zero-order valence-electron chi connectivity index (χ0n) is 15.6. The summed E-state index contributed by atoms with van der Waals surface area (Å²) in [6.07, 6.45) is -4.21. The fourth-order valence-electron chi connectivity index (χ4n) is 2.26. The van der Waals surface area contributed by atoms with Crippen LogP contribution in [0, 0.1) is 23.3 Å². The number of benzene rings is 2. The molecule has 0 aromatic heterocycles. The van der Waals surface area contributed by atoms with Gasteiger partial charge < -0.3 is 4.74 Å². The third-order valence-corrected chi connectivity index (χ3v) is 5.47. The first-order valence-corrected chi connectivity index (χ1v) is 10.7. The fraction of sp³-hybridized carbons (Fsp3) is 0.235. The molecule has 0 aliphatic rings. The second-order valence-electron chi connectivity index (χ2n) is 5.54. The topological polar surface area (TPSA) is 65.0 Å². The molecule has 0 bridgehead atoms. The summed E-state index contributed by atoms with van der Waals surface area (Å²) in [7, 11) is -5.82. The summed E-state index contributed by atoms with van der Waals surface area (Å²) < 4.78 is 129. The molecule has 0 heterocycles. The molecular formula is C17H12F7NO4S2. The number of oxime groups is 1. The molecule has 0 saturated carbocycles. The molecule has 0 saturated heterocycles. The first kappa shape index (κ1) is 24.8. The van der Waals surface area contributed by atoms with Crippen LogP contribution in [0.2, 0.25) is 0 Å². The maximum Gasteiger partial charge on any atom is 0.437 e. The smallest absolute Gasteiger partial charge is 0.437 e. The minimum absolute atomic E-state index is 0.199. The average Bonchev–Trinajstić information content (AvgIpc) is 2.67. The van der Waals surface area contributed by atoms with Crippen molar-refractivity contribution in [3.05, 3.63) is 53.1 Å². The molecule has 0 radical (unpaired) electrons. The van der Waals surface area contributed by atoms with Gasteiger partial charge in [-0.3, -0.25) is 4.28 Å². The molecule has 2 aromatic rings. The van der Waals surface area contributed by atoms with Crippen LogP contribution in [-0.2, 0) is 14.4 Å². The molecule has 0 aliphatic heterocycles. The second kappa shape index (κ2) is 9.34. The van der Waals surface area contributed by atoms with Crippen LogP contribution in [-0.4, -0.2) is 33.2 Å². The molecule has 5 nitrogen and oxygen atoms in total. The summed E-state index contributed by atoms with van der Waals surface area (Å²) >= 11 is 0.241. The van der Waals surface area contributed by atoms with Crippen molar-refractivity contribution in [2.75, 3.05) is 12.9 Å². The lowest BCUT2D eigenvalue weighted by Crippen LogP contribution is -2.25. The summed E-state index contributed by atoms with van der Waals surface area (Å²) in [6, 6.07) is 4.00. The van der Waals surface area contributed by atoms with Crippen molar-refractivity contribution in [1.82, 2.24) is 0 Å². The highest BCUT2D eigenvalue weighted by atomic mass is 32.2. The molecule has 0 aliphatic carbocycles. The zero-order valence-corrected chi connectivity index (χ0v) is 17.2. The van der Waals surface area contributed by atoms with Crippen molar-refractivity contribution < 1.29 is 48.2 Å². The summed E-state index contributed by atoms with van der Waals surface area (Å²) in [6.45, 7) is 1.85. The molecule has 0 fully saturated rings. The van der Waals surface area contributed by atoms with Crippen molar-refractivity contribution >= 4 is 27.6 Å². The van der Waals surface area contributed by atoms with Crippen LogP contribution >= 0.6 is 11.8 Å². The third kappa shape index (κ3) is 5.23. The predicted octanol–water partition coefficient (Wildman–Crippen LogP) is 5.04. The van der Waals surface area contributed by atoms with Crippen LogP contribution in [0.25, 0.3) is 0 Å². The Morgan fingerprint density at radius 1 is 1.00 bits per heavy atom. The van der Waals surface area contributed by atoms with Crippen LogP contribution in [0.4, 0.5) is 30.7 Å². The third-order valence-electron chi connectivity index (χ3n) is 3.57. The summed E-state index contributed by atoms with van der Waals surface area (Å²) in [4.78, 5) is -3.42. The molecule has 170 valence electrons. The molecule has 2 rings (SSSR count). The molecule has 14 heteroatoms. The van der Waals surface area contributed by atoms with Gasteiger partial charge in [-0.05, 0) is 37.4 Å². The van der Waals surface area contributed by atoms with Crippen molar-refractivity contribution in [3.8, 4) is 5.75 Å². The Balaban J connectivity index is 2.54. The first-order valence-electron chi connectivity index (χ1n) is 8.07. The maximum atomic E-state index is 14.0. The van der Waals surface area contributed by atoms with E-state index in [-0.39, 0.29) is 24.1 Å². The van der Waals surface area contributed by atoms with Gasteiger partial charge in [0.2, 0.25) is 0 Å². The van der Waals surface area contributed by atoms with Gasteiger partial charge in [-0.15, -0.1) is 11.8 Å². The van der Waals surface area contributed by atoms with Gasteiger partial charge in [0.05, 0.1) is 11.5 Å². The molecular weight excluding hydrogens is 479 g/mol. The zero-order chi connectivity index (χ0) is 23.6. The van der Waals surface area contributed by atoms with E-state index >= 15 is 0 Å². The number of halogens is 7. The number of alkyl halides is 3. The quantitative estimate of drug-likeness (QED) is 0.179. The summed E-state index contributed by atoms with van der Waals surface area (Å²) in [5, 5.41) is 2.45. The van der Waals surface area contributed by atoms with Gasteiger partial charge >= 0.3 is 16.3 Å². The minimum Gasteiger partial charge on any atom is -0.494 e. The molecule has 0 spiro atoms. The second-order valence-corrected chi connectivity index (χ2v) is 7.82. The fourth-order valence-corrected chi connectivity index (χ4v) is 3.66. The van der Waals surface area contributed by atoms with Crippen LogP contribution in [0.3, 0.4) is 0 Å². The van der Waals surface area contributed by atoms with Gasteiger partial charge in [0.1, 0.15) is 5.75 Å². The molecule has 0 unspecified atom stereocenters. The maximum absolute atomic E-state index is 14.0. The molecule has 0 N–H and O–H groups in total. The van der Waals surface area contributed by atoms with E-state index in [0.717, 1.165) is 30.5 Å². The standard InChI is InChI=1S/C17H12F7NO4S2/c1-3-28-9-6-4-8(5-7-9)16(17(22,23)24)25-29-31(26,27)15-12(20)10(18)14(30-2)11(19)13(15)21/h4-7H,3H2,1-2H3/b25-16-. The average molecular weight is 491 g/mol. The highest BCUT2D eigenvalue weighted by molar-refractivity contribution is 7.98. The minimum atomic E-state index is -5.82. The van der Waals surface area contributed by atoms with E-state index in [1.54, 1.807) is 6.92 Å². The molecule has 0 atom stereocenters. The van der Waals surface area contributed by atoms with Crippen molar-refractivity contribution in [1.29, 1.82) is 0 Å². The van der Waals surface area contributed by atoms with Gasteiger partial charge in [-0.25, -0.2) is 17.6 Å². The lowest BCUT2D eigenvalue weighted by Gasteiger charge is -2.12. The van der Waals surface area contributed by atoms with E-state index in [1.807, 2.05) is 0 Å². The lowest BCUT2D eigenvalue weighted by molar-refractivity contribution is -0.0597. The van der Waals surface area contributed by atoms with E-state index in [9.17, 15) is 39.2 Å². The molecule has 2 aromatic carbocycles. The highest BCUT2D eigenvalue weighted by Crippen LogP contribution is 2.33. The van der Waals surface area contributed by atoms with E-state index in [0.29, 0.717) is 0 Å². The van der Waals surface area contributed by atoms with Crippen molar-refractivity contribution in [2.24, 2.45) is 5.16 Å². The Bertz CT molecular complexity index is 1070. The van der Waals surface area contributed by atoms with E-state index < -0.39 is 60.6 Å². The van der Waals surface area contributed by atoms with Gasteiger partial charge in [0.15, 0.2) is 33.9 Å². The molecule has 31 heavy (non-hydrogen) atoms. The molecule has 0 amide bonds. The van der Waals surface area contributed by atoms with Gasteiger partial charge in [-0.1, -0.05) is 5.16 Å². The van der Waals surface area contributed by atoms with Crippen molar-refractivity contribution in [3.63, 3.8) is 0 Å². The summed E-state index contributed by atoms with van der Waals surface area (Å²) in [5.74, 6) is -8.65. The van der Waals surface area contributed by atoms with E-state index in [4.69, 9.17) is 4.74 Å². The Morgan fingerprint density at radius 3 is 1.94 bits per heavy atom. The SMILES string of the molecule is CCOc1ccc(/C(=N/OS(=O)(=O)c2c(F)c(F)c(SC)c(F)c2F)C(F)(F)F)cc1. The van der Waals surface area contributed by atoms with Gasteiger partial charge in [-0.2, -0.15) is 21.6 Å². The Hall–Kier alpha value is -2.48. The largest absolute Gasteiger partial charge is 0.494 e. The Morgan fingerprint density at radius 2 is 1.52 bits per heavy atom. The normalized spacial score (nSPS) is 12.7. The van der Waals surface area contributed by atoms with Crippen LogP contribution in [0.1, 0.15) is 12.5 Å². The van der Waals surface area contributed by atoms with E-state index in [2.05, 4.69) is 9.44 Å². The van der Waals surface area contributed by atoms with Gasteiger partial charge in [0.25, 0.3) is 0 Å². The number of ether oxygens (including phenoxy) is 1.